The third-order valence-electron chi connectivity index (χ3n) is 1.26. The minimum absolute atomic E-state index is 0.315. The molecule has 8 heteroatoms. The van der Waals surface area contributed by atoms with Crippen LogP contribution in [0.3, 0.4) is 0 Å². The van der Waals surface area contributed by atoms with Gasteiger partial charge in [0.05, 0.1) is 5.56 Å². The van der Waals surface area contributed by atoms with Gasteiger partial charge < -0.3 is 4.98 Å². The van der Waals surface area contributed by atoms with Crippen molar-refractivity contribution >= 4 is 10.1 Å². The lowest BCUT2D eigenvalue weighted by Gasteiger charge is -2.00. The fourth-order valence-corrected chi connectivity index (χ4v) is 1.17. The molecule has 0 bridgehead atoms. The van der Waals surface area contributed by atoms with Crippen LogP contribution in [-0.2, 0) is 16.3 Å². The molecule has 13 heavy (non-hydrogen) atoms. The first-order valence-corrected chi connectivity index (χ1v) is 4.38. The van der Waals surface area contributed by atoms with Crippen molar-refractivity contribution in [1.82, 2.24) is 4.98 Å². The minimum Gasteiger partial charge on any atom is -0.350 e. The van der Waals surface area contributed by atoms with Crippen molar-refractivity contribution in [3.05, 3.63) is 17.8 Å². The molecule has 0 spiro atoms. The Hall–Kier alpha value is -1.02. The van der Waals surface area contributed by atoms with Crippen LogP contribution in [0.1, 0.15) is 5.56 Å². The molecule has 0 aliphatic rings. The van der Waals surface area contributed by atoms with Crippen LogP contribution in [0.4, 0.5) is 13.2 Å². The third kappa shape index (κ3) is 2.22. The van der Waals surface area contributed by atoms with E-state index in [1.54, 1.807) is 4.98 Å². The van der Waals surface area contributed by atoms with Gasteiger partial charge in [-0.3, -0.25) is 4.55 Å². The fourth-order valence-electron chi connectivity index (χ4n) is 0.686. The molecule has 4 nitrogen and oxygen atoms in total. The number of nitrogens with one attached hydrogen (secondary N) is 1. The maximum atomic E-state index is 11.9. The summed E-state index contributed by atoms with van der Waals surface area (Å²) in [4.78, 5) is 1.79. The molecule has 1 heterocycles. The molecule has 0 saturated carbocycles. The van der Waals surface area contributed by atoms with Gasteiger partial charge in [-0.05, 0) is 6.07 Å². The van der Waals surface area contributed by atoms with Crippen LogP contribution in [-0.4, -0.2) is 18.0 Å². The topological polar surface area (TPSA) is 70.2 Å². The van der Waals surface area contributed by atoms with Gasteiger partial charge in [-0.15, -0.1) is 0 Å². The number of hydrogen-bond donors (Lipinski definition) is 2. The third-order valence-corrected chi connectivity index (χ3v) is 2.05. The molecule has 0 amide bonds. The van der Waals surface area contributed by atoms with Crippen LogP contribution in [0.2, 0.25) is 0 Å². The smallest absolute Gasteiger partial charge is 0.350 e. The Kier molecular flexibility index (Phi) is 2.12. The van der Waals surface area contributed by atoms with Crippen molar-refractivity contribution in [2.75, 3.05) is 0 Å². The molecule has 0 fully saturated rings. The van der Waals surface area contributed by atoms with Crippen LogP contribution in [0.5, 0.6) is 0 Å². The summed E-state index contributed by atoms with van der Waals surface area (Å²) < 4.78 is 64.7. The summed E-state index contributed by atoms with van der Waals surface area (Å²) >= 11 is 0. The van der Waals surface area contributed by atoms with Crippen LogP contribution < -0.4 is 0 Å². The van der Waals surface area contributed by atoms with Gasteiger partial charge in [-0.2, -0.15) is 21.6 Å². The number of aromatic nitrogens is 1. The highest BCUT2D eigenvalue weighted by atomic mass is 32.2. The first-order chi connectivity index (χ1) is 5.71. The van der Waals surface area contributed by atoms with E-state index in [9.17, 15) is 21.6 Å². The molecule has 74 valence electrons. The van der Waals surface area contributed by atoms with E-state index in [4.69, 9.17) is 4.55 Å². The average Bonchev–Trinajstić information content (AvgIpc) is 2.28. The van der Waals surface area contributed by atoms with Gasteiger partial charge in [-0.25, -0.2) is 0 Å². The monoisotopic (exact) mass is 215 g/mol. The molecule has 1 rings (SSSR count). The van der Waals surface area contributed by atoms with Crippen molar-refractivity contribution in [3.63, 3.8) is 0 Å². The van der Waals surface area contributed by atoms with Gasteiger partial charge in [0.15, 0.2) is 5.03 Å². The van der Waals surface area contributed by atoms with Gasteiger partial charge in [-0.1, -0.05) is 0 Å². The Morgan fingerprint density at radius 3 is 2.15 bits per heavy atom. The molecular weight excluding hydrogens is 211 g/mol. The molecule has 0 aromatic carbocycles. The average molecular weight is 215 g/mol. The molecule has 0 saturated heterocycles. The Labute approximate surface area is 71.1 Å². The number of halogens is 3. The highest BCUT2D eigenvalue weighted by Crippen LogP contribution is 2.30. The van der Waals surface area contributed by atoms with Crippen molar-refractivity contribution in [1.29, 1.82) is 0 Å². The standard InChI is InChI=1S/C5H4F3NO3S/c6-5(7,8)3-1-4(9-2-3)13(10,11)12/h1-2,9H,(H,10,11,12). The lowest BCUT2D eigenvalue weighted by Crippen LogP contribution is -2.02. The lowest BCUT2D eigenvalue weighted by atomic mass is 10.3. The predicted octanol–water partition coefficient (Wildman–Crippen LogP) is 1.28. The van der Waals surface area contributed by atoms with Gasteiger partial charge in [0.25, 0.3) is 0 Å². The van der Waals surface area contributed by atoms with Gasteiger partial charge in [0.2, 0.25) is 0 Å². The second-order valence-corrected chi connectivity index (χ2v) is 3.62. The predicted molar refractivity (Wildman–Crippen MR) is 35.6 cm³/mol. The maximum Gasteiger partial charge on any atom is 0.417 e. The van der Waals surface area contributed by atoms with Gasteiger partial charge >= 0.3 is 16.3 Å². The number of rotatable bonds is 1. The lowest BCUT2D eigenvalue weighted by molar-refractivity contribution is -0.137. The van der Waals surface area contributed by atoms with Crippen molar-refractivity contribution < 1.29 is 26.1 Å². The largest absolute Gasteiger partial charge is 0.417 e. The van der Waals surface area contributed by atoms with Crippen molar-refractivity contribution in [3.8, 4) is 0 Å². The summed E-state index contributed by atoms with van der Waals surface area (Å²) in [5.74, 6) is 0. The van der Waals surface area contributed by atoms with E-state index in [1.807, 2.05) is 0 Å². The summed E-state index contributed by atoms with van der Waals surface area (Å²) in [5, 5.41) is -0.875. The molecule has 1 aromatic heterocycles. The number of alkyl halides is 3. The molecule has 2 N–H and O–H groups in total. The van der Waals surface area contributed by atoms with E-state index >= 15 is 0 Å². The molecule has 1 aromatic rings. The van der Waals surface area contributed by atoms with Crippen LogP contribution in [0, 0.1) is 0 Å². The Morgan fingerprint density at radius 1 is 1.38 bits per heavy atom. The van der Waals surface area contributed by atoms with Gasteiger partial charge in [0.1, 0.15) is 0 Å². The highest BCUT2D eigenvalue weighted by Gasteiger charge is 2.32. The maximum absolute atomic E-state index is 11.9. The van der Waals surface area contributed by atoms with Crippen molar-refractivity contribution in [2.24, 2.45) is 0 Å². The Morgan fingerprint density at radius 2 is 1.92 bits per heavy atom. The summed E-state index contributed by atoms with van der Waals surface area (Å²) in [6.45, 7) is 0. The molecule has 0 unspecified atom stereocenters. The quantitative estimate of drug-likeness (QED) is 0.693. The molecule has 0 radical (unpaired) electrons. The first-order valence-electron chi connectivity index (χ1n) is 2.94. The second kappa shape index (κ2) is 2.74. The zero-order valence-electron chi connectivity index (χ0n) is 5.96. The first kappa shape index (κ1) is 10.1. The number of aromatic amines is 1. The molecule has 0 atom stereocenters. The van der Waals surface area contributed by atoms with E-state index in [-0.39, 0.29) is 0 Å². The summed E-state index contributed by atoms with van der Waals surface area (Å²) in [6.07, 6.45) is -4.16. The Bertz CT molecular complexity index is 405. The van der Waals surface area contributed by atoms with E-state index in [2.05, 4.69) is 0 Å². The molecular formula is C5H4F3NO3S. The van der Waals surface area contributed by atoms with Gasteiger partial charge in [0, 0.05) is 6.20 Å². The summed E-state index contributed by atoms with van der Waals surface area (Å²) in [6, 6.07) is 0.315. The van der Waals surface area contributed by atoms with Crippen LogP contribution in [0.25, 0.3) is 0 Å². The normalized spacial score (nSPS) is 13.2. The van der Waals surface area contributed by atoms with E-state index in [1.165, 1.54) is 0 Å². The second-order valence-electron chi connectivity index (χ2n) is 2.23. The van der Waals surface area contributed by atoms with Crippen LogP contribution >= 0.6 is 0 Å². The van der Waals surface area contributed by atoms with Crippen LogP contribution in [0.15, 0.2) is 17.3 Å². The Balaban J connectivity index is 3.16. The fraction of sp³-hybridized carbons (Fsp3) is 0.200. The SMILES string of the molecule is O=S(=O)(O)c1cc(C(F)(F)F)c[nH]1. The zero-order chi connectivity index (χ0) is 10.3. The van der Waals surface area contributed by atoms with E-state index in [0.717, 1.165) is 0 Å². The zero-order valence-corrected chi connectivity index (χ0v) is 6.78. The number of H-pyrrole nitrogens is 1. The number of hydrogen-bond acceptors (Lipinski definition) is 2. The minimum atomic E-state index is -4.63. The highest BCUT2D eigenvalue weighted by molar-refractivity contribution is 7.85. The van der Waals surface area contributed by atoms with Crippen molar-refractivity contribution in [2.45, 2.75) is 11.2 Å². The summed E-state index contributed by atoms with van der Waals surface area (Å²) in [7, 11) is -4.60. The van der Waals surface area contributed by atoms with E-state index < -0.39 is 26.9 Å². The van der Waals surface area contributed by atoms with E-state index in [0.29, 0.717) is 12.3 Å². The summed E-state index contributed by atoms with van der Waals surface area (Å²) in [5.41, 5.74) is -1.15. The molecule has 0 aliphatic carbocycles. The molecule has 0 aliphatic heterocycles.